The van der Waals surface area contributed by atoms with E-state index < -0.39 is 0 Å². The van der Waals surface area contributed by atoms with E-state index in [0.29, 0.717) is 24.4 Å². The van der Waals surface area contributed by atoms with E-state index in [1.807, 2.05) is 36.4 Å². The second-order valence-electron chi connectivity index (χ2n) is 7.78. The zero-order valence-electron chi connectivity index (χ0n) is 18.2. The minimum atomic E-state index is -0.325. The van der Waals surface area contributed by atoms with Gasteiger partial charge < -0.3 is 15.0 Å². The molecule has 8 heteroatoms. The van der Waals surface area contributed by atoms with Crippen LogP contribution in [0.5, 0.6) is 5.75 Å². The van der Waals surface area contributed by atoms with Crippen molar-refractivity contribution in [2.45, 2.75) is 6.54 Å². The number of carbonyl (C=O) groups excluding carboxylic acids is 2. The fourth-order valence-electron chi connectivity index (χ4n) is 3.65. The Balaban J connectivity index is 1.18. The maximum absolute atomic E-state index is 14.0. The van der Waals surface area contributed by atoms with Crippen molar-refractivity contribution in [1.82, 2.24) is 15.1 Å². The van der Waals surface area contributed by atoms with Gasteiger partial charge in [0, 0.05) is 48.0 Å². The molecule has 1 fully saturated rings. The Morgan fingerprint density at radius 3 is 2.42 bits per heavy atom. The molecule has 2 aromatic carbocycles. The van der Waals surface area contributed by atoms with E-state index in [0.717, 1.165) is 24.5 Å². The molecular formula is C25H26FN3O3S. The molecule has 0 spiro atoms. The van der Waals surface area contributed by atoms with E-state index in [1.54, 1.807) is 40.5 Å². The summed E-state index contributed by atoms with van der Waals surface area (Å²) in [6.07, 6.45) is 0. The van der Waals surface area contributed by atoms with Crippen LogP contribution in [0.1, 0.15) is 4.88 Å². The first-order valence-electron chi connectivity index (χ1n) is 10.9. The summed E-state index contributed by atoms with van der Waals surface area (Å²) in [4.78, 5) is 30.5. The van der Waals surface area contributed by atoms with Crippen molar-refractivity contribution in [1.29, 1.82) is 0 Å². The predicted octanol–water partition coefficient (Wildman–Crippen LogP) is 3.39. The van der Waals surface area contributed by atoms with Gasteiger partial charge in [0.25, 0.3) is 5.91 Å². The Bertz CT molecular complexity index is 1080. The topological polar surface area (TPSA) is 61.9 Å². The van der Waals surface area contributed by atoms with E-state index in [2.05, 4.69) is 10.2 Å². The molecule has 0 bridgehead atoms. The molecule has 0 aliphatic carbocycles. The van der Waals surface area contributed by atoms with Crippen molar-refractivity contribution in [3.8, 4) is 16.2 Å². The third-order valence-electron chi connectivity index (χ3n) is 5.46. The third-order valence-corrected chi connectivity index (χ3v) is 6.56. The molecule has 2 amide bonds. The SMILES string of the molecule is O=C(COc1ccccc1)NCC(=O)N1CCN(Cc2ccc(-c3ccccc3F)s2)CC1. The fourth-order valence-corrected chi connectivity index (χ4v) is 4.72. The number of para-hydroxylation sites is 1. The van der Waals surface area contributed by atoms with Gasteiger partial charge in [0.2, 0.25) is 5.91 Å². The highest BCUT2D eigenvalue weighted by Gasteiger charge is 2.22. The zero-order chi connectivity index (χ0) is 23.0. The van der Waals surface area contributed by atoms with Crippen LogP contribution in [0.15, 0.2) is 66.7 Å². The number of nitrogens with one attached hydrogen (secondary N) is 1. The molecular weight excluding hydrogens is 441 g/mol. The van der Waals surface area contributed by atoms with Crippen LogP contribution >= 0.6 is 11.3 Å². The van der Waals surface area contributed by atoms with Crippen molar-refractivity contribution < 1.29 is 18.7 Å². The van der Waals surface area contributed by atoms with Gasteiger partial charge in [0.05, 0.1) is 6.54 Å². The number of carbonyl (C=O) groups is 2. The number of amides is 2. The van der Waals surface area contributed by atoms with E-state index in [-0.39, 0.29) is 30.8 Å². The largest absolute Gasteiger partial charge is 0.484 e. The first-order valence-corrected chi connectivity index (χ1v) is 11.7. The lowest BCUT2D eigenvalue weighted by Gasteiger charge is -2.34. The van der Waals surface area contributed by atoms with E-state index in [1.165, 1.54) is 10.9 Å². The molecule has 4 rings (SSSR count). The molecule has 1 aliphatic heterocycles. The van der Waals surface area contributed by atoms with Crippen molar-refractivity contribution in [2.24, 2.45) is 0 Å². The fraction of sp³-hybridized carbons (Fsp3) is 0.280. The number of rotatable bonds is 8. The average molecular weight is 468 g/mol. The van der Waals surface area contributed by atoms with Gasteiger partial charge in [-0.1, -0.05) is 36.4 Å². The minimum absolute atomic E-state index is 0.0338. The molecule has 6 nitrogen and oxygen atoms in total. The zero-order valence-corrected chi connectivity index (χ0v) is 19.0. The van der Waals surface area contributed by atoms with Crippen molar-refractivity contribution >= 4 is 23.2 Å². The predicted molar refractivity (Wildman–Crippen MR) is 127 cm³/mol. The van der Waals surface area contributed by atoms with Crippen molar-refractivity contribution in [3.63, 3.8) is 0 Å². The van der Waals surface area contributed by atoms with Gasteiger partial charge in [0.1, 0.15) is 11.6 Å². The summed E-state index contributed by atoms with van der Waals surface area (Å²) in [6, 6.07) is 19.9. The van der Waals surface area contributed by atoms with Crippen molar-refractivity contribution in [3.05, 3.63) is 77.4 Å². The Morgan fingerprint density at radius 2 is 1.67 bits per heavy atom. The molecule has 1 N–H and O–H groups in total. The maximum Gasteiger partial charge on any atom is 0.258 e. The summed E-state index contributed by atoms with van der Waals surface area (Å²) >= 11 is 1.59. The van der Waals surface area contributed by atoms with Gasteiger partial charge in [-0.05, 0) is 30.3 Å². The van der Waals surface area contributed by atoms with E-state index in [9.17, 15) is 14.0 Å². The molecule has 1 aromatic heterocycles. The van der Waals surface area contributed by atoms with Gasteiger partial charge >= 0.3 is 0 Å². The van der Waals surface area contributed by atoms with Crippen LogP contribution in [0.25, 0.3) is 10.4 Å². The van der Waals surface area contributed by atoms with Crippen LogP contribution in [0, 0.1) is 5.82 Å². The molecule has 3 aromatic rings. The van der Waals surface area contributed by atoms with Gasteiger partial charge in [-0.3, -0.25) is 14.5 Å². The van der Waals surface area contributed by atoms with Crippen LogP contribution in [0.3, 0.4) is 0 Å². The van der Waals surface area contributed by atoms with Gasteiger partial charge in [-0.2, -0.15) is 0 Å². The van der Waals surface area contributed by atoms with Crippen molar-refractivity contribution in [2.75, 3.05) is 39.3 Å². The Hall–Kier alpha value is -3.23. The van der Waals surface area contributed by atoms with E-state index in [4.69, 9.17) is 4.74 Å². The Kier molecular flexibility index (Phi) is 7.70. The average Bonchev–Trinajstić information content (AvgIpc) is 3.30. The maximum atomic E-state index is 14.0. The highest BCUT2D eigenvalue weighted by Crippen LogP contribution is 2.30. The Labute approximate surface area is 196 Å². The summed E-state index contributed by atoms with van der Waals surface area (Å²) in [6.45, 7) is 3.35. The van der Waals surface area contributed by atoms with Crippen LogP contribution in [-0.2, 0) is 16.1 Å². The first-order chi connectivity index (χ1) is 16.1. The summed E-state index contributed by atoms with van der Waals surface area (Å²) < 4.78 is 19.4. The molecule has 2 heterocycles. The number of ether oxygens (including phenoxy) is 1. The summed E-state index contributed by atoms with van der Waals surface area (Å²) in [5, 5.41) is 2.63. The smallest absolute Gasteiger partial charge is 0.258 e. The molecule has 1 aliphatic rings. The molecule has 0 atom stereocenters. The summed E-state index contributed by atoms with van der Waals surface area (Å²) in [5.41, 5.74) is 0.625. The van der Waals surface area contributed by atoms with Crippen LogP contribution in [0.4, 0.5) is 4.39 Å². The number of hydrogen-bond donors (Lipinski definition) is 1. The van der Waals surface area contributed by atoms with Crippen LogP contribution < -0.4 is 10.1 Å². The monoisotopic (exact) mass is 467 g/mol. The highest BCUT2D eigenvalue weighted by atomic mass is 32.1. The lowest BCUT2D eigenvalue weighted by Crippen LogP contribution is -2.51. The number of hydrogen-bond acceptors (Lipinski definition) is 5. The van der Waals surface area contributed by atoms with Crippen LogP contribution in [-0.4, -0.2) is 60.9 Å². The van der Waals surface area contributed by atoms with Gasteiger partial charge in [0.15, 0.2) is 6.61 Å². The summed E-state index contributed by atoms with van der Waals surface area (Å²) in [5.74, 6) is -0.0199. The first kappa shape index (κ1) is 22.9. The summed E-state index contributed by atoms with van der Waals surface area (Å²) in [7, 11) is 0. The van der Waals surface area contributed by atoms with Gasteiger partial charge in [-0.15, -0.1) is 11.3 Å². The minimum Gasteiger partial charge on any atom is -0.484 e. The quantitative estimate of drug-likeness (QED) is 0.552. The second-order valence-corrected chi connectivity index (χ2v) is 8.95. The lowest BCUT2D eigenvalue weighted by molar-refractivity contribution is -0.134. The van der Waals surface area contributed by atoms with E-state index >= 15 is 0 Å². The number of piperazine rings is 1. The number of thiophene rings is 1. The van der Waals surface area contributed by atoms with Gasteiger partial charge in [-0.25, -0.2) is 4.39 Å². The van der Waals surface area contributed by atoms with Crippen LogP contribution in [0.2, 0.25) is 0 Å². The second kappa shape index (κ2) is 11.1. The standard InChI is InChI=1S/C25H26FN3O3S/c26-22-9-5-4-8-21(22)23-11-10-20(33-23)17-28-12-14-29(15-13-28)25(31)16-27-24(30)18-32-19-6-2-1-3-7-19/h1-11H,12-18H2,(H,27,30). The number of nitrogens with zero attached hydrogens (tertiary/aromatic N) is 2. The third kappa shape index (κ3) is 6.40. The molecule has 1 saturated heterocycles. The molecule has 0 saturated carbocycles. The highest BCUT2D eigenvalue weighted by molar-refractivity contribution is 7.15. The lowest BCUT2D eigenvalue weighted by atomic mass is 10.2. The normalized spacial score (nSPS) is 14.2. The molecule has 33 heavy (non-hydrogen) atoms. The number of benzene rings is 2. The molecule has 172 valence electrons. The Morgan fingerprint density at radius 1 is 0.939 bits per heavy atom. The molecule has 0 radical (unpaired) electrons. The molecule has 0 unspecified atom stereocenters. The number of halogens is 1.